The van der Waals surface area contributed by atoms with E-state index in [0.717, 1.165) is 4.47 Å². The summed E-state index contributed by atoms with van der Waals surface area (Å²) < 4.78 is 25.5. The zero-order valence-corrected chi connectivity index (χ0v) is 11.7. The van der Waals surface area contributed by atoms with Gasteiger partial charge in [-0.2, -0.15) is 0 Å². The van der Waals surface area contributed by atoms with Gasteiger partial charge >= 0.3 is 0 Å². The lowest BCUT2D eigenvalue weighted by atomic mass is 10.3. The molecule has 0 amide bonds. The van der Waals surface area contributed by atoms with Crippen molar-refractivity contribution in [1.82, 2.24) is 0 Å². The van der Waals surface area contributed by atoms with Crippen LogP contribution in [0.5, 0.6) is 0 Å². The zero-order valence-electron chi connectivity index (χ0n) is 9.20. The number of halogens is 3. The molecule has 0 atom stereocenters. The van der Waals surface area contributed by atoms with Gasteiger partial charge in [0.05, 0.1) is 11.4 Å². The van der Waals surface area contributed by atoms with Crippen molar-refractivity contribution < 1.29 is 8.78 Å². The topological polar surface area (TPSA) is 52.0 Å². The quantitative estimate of drug-likeness (QED) is 0.506. The number of nitrogen functional groups attached to an aromatic ring is 2. The third-order valence-corrected chi connectivity index (χ3v) is 2.71. The van der Waals surface area contributed by atoms with E-state index in [1.54, 1.807) is 12.1 Å². The molecule has 2 nitrogen and oxygen atoms in total. The number of anilines is 2. The van der Waals surface area contributed by atoms with Crippen molar-refractivity contribution in [3.05, 3.63) is 52.5 Å². The summed E-state index contributed by atoms with van der Waals surface area (Å²) in [6.45, 7) is 0. The standard InChI is InChI=1S/C6H5BrFN.C6H6FNS/c7-4-1-2-5(8)6(9)3-4;7-5-2-1-4(9)3-6(5)8/h1-3H,9H2;1-3,9H,8H2. The Morgan fingerprint density at radius 3 is 1.78 bits per heavy atom. The lowest BCUT2D eigenvalue weighted by Gasteiger charge is -1.94. The highest BCUT2D eigenvalue weighted by molar-refractivity contribution is 9.10. The van der Waals surface area contributed by atoms with Gasteiger partial charge in [-0.05, 0) is 36.4 Å². The minimum Gasteiger partial charge on any atom is -0.396 e. The Hall–Kier alpha value is -1.27. The first-order valence-electron chi connectivity index (χ1n) is 4.84. The van der Waals surface area contributed by atoms with Crippen LogP contribution in [0.15, 0.2) is 45.8 Å². The Bertz CT molecular complexity index is 500. The predicted octanol–water partition coefficient (Wildman–Crippen LogP) is 3.87. The van der Waals surface area contributed by atoms with Gasteiger partial charge in [-0.1, -0.05) is 15.9 Å². The zero-order chi connectivity index (χ0) is 13.7. The summed E-state index contributed by atoms with van der Waals surface area (Å²) in [5.41, 5.74) is 10.7. The Morgan fingerprint density at radius 2 is 1.39 bits per heavy atom. The third kappa shape index (κ3) is 4.54. The summed E-state index contributed by atoms with van der Waals surface area (Å²) in [5.74, 6) is -0.772. The molecule has 6 heteroatoms. The molecule has 0 bridgehead atoms. The molecule has 2 rings (SSSR count). The van der Waals surface area contributed by atoms with Gasteiger partial charge in [0.15, 0.2) is 0 Å². The van der Waals surface area contributed by atoms with Gasteiger partial charge in [0.2, 0.25) is 0 Å². The molecule has 0 aliphatic rings. The maximum absolute atomic E-state index is 12.4. The summed E-state index contributed by atoms with van der Waals surface area (Å²) in [6.07, 6.45) is 0. The molecule has 96 valence electrons. The smallest absolute Gasteiger partial charge is 0.146 e. The molecule has 0 saturated carbocycles. The molecular formula is C12H11BrF2N2S. The largest absolute Gasteiger partial charge is 0.396 e. The first-order valence-corrected chi connectivity index (χ1v) is 6.08. The molecule has 0 fully saturated rings. The van der Waals surface area contributed by atoms with Crippen molar-refractivity contribution in [2.45, 2.75) is 4.90 Å². The van der Waals surface area contributed by atoms with Crippen LogP contribution in [0.2, 0.25) is 0 Å². The monoisotopic (exact) mass is 332 g/mol. The number of nitrogens with two attached hydrogens (primary N) is 2. The Labute approximate surface area is 118 Å². The maximum atomic E-state index is 12.4. The third-order valence-electron chi connectivity index (χ3n) is 1.94. The molecule has 0 aromatic heterocycles. The van der Waals surface area contributed by atoms with Gasteiger partial charge < -0.3 is 11.5 Å². The minimum atomic E-state index is -0.396. The summed E-state index contributed by atoms with van der Waals surface area (Å²) in [4.78, 5) is 0.675. The van der Waals surface area contributed by atoms with Crippen LogP contribution in [0.25, 0.3) is 0 Å². The van der Waals surface area contributed by atoms with E-state index < -0.39 is 5.82 Å². The highest BCUT2D eigenvalue weighted by Crippen LogP contribution is 2.16. The fraction of sp³-hybridized carbons (Fsp3) is 0. The average molecular weight is 333 g/mol. The minimum absolute atomic E-state index is 0.141. The van der Waals surface area contributed by atoms with Gasteiger partial charge in [-0.15, -0.1) is 12.6 Å². The first kappa shape index (κ1) is 14.8. The van der Waals surface area contributed by atoms with Gasteiger partial charge in [-0.3, -0.25) is 0 Å². The van der Waals surface area contributed by atoms with Gasteiger partial charge in [-0.25, -0.2) is 8.78 Å². The Kier molecular flexibility index (Phi) is 5.43. The van der Waals surface area contributed by atoms with Crippen LogP contribution >= 0.6 is 28.6 Å². The van der Waals surface area contributed by atoms with Crippen molar-refractivity contribution in [2.24, 2.45) is 0 Å². The molecular weight excluding hydrogens is 322 g/mol. The lowest BCUT2D eigenvalue weighted by Crippen LogP contribution is -1.88. The second-order valence-electron chi connectivity index (χ2n) is 3.37. The van der Waals surface area contributed by atoms with Crippen molar-refractivity contribution in [2.75, 3.05) is 11.5 Å². The molecule has 0 aliphatic carbocycles. The van der Waals surface area contributed by atoms with Crippen LogP contribution < -0.4 is 11.5 Å². The molecule has 0 unspecified atom stereocenters. The molecule has 2 aromatic rings. The molecule has 0 spiro atoms. The van der Waals surface area contributed by atoms with E-state index in [0.29, 0.717) is 4.90 Å². The Morgan fingerprint density at radius 1 is 0.889 bits per heavy atom. The first-order chi connectivity index (χ1) is 8.40. The summed E-state index contributed by atoms with van der Waals surface area (Å²) in [5, 5.41) is 0. The van der Waals surface area contributed by atoms with Crippen molar-refractivity contribution >= 4 is 39.9 Å². The van der Waals surface area contributed by atoms with E-state index in [2.05, 4.69) is 28.6 Å². The normalized spacial score (nSPS) is 9.56. The van der Waals surface area contributed by atoms with Gasteiger partial charge in [0.1, 0.15) is 11.6 Å². The molecule has 2 aromatic carbocycles. The van der Waals surface area contributed by atoms with E-state index in [4.69, 9.17) is 11.5 Å². The highest BCUT2D eigenvalue weighted by Gasteiger charge is 1.95. The fourth-order valence-electron chi connectivity index (χ4n) is 1.05. The number of rotatable bonds is 0. The van der Waals surface area contributed by atoms with Crippen LogP contribution in [-0.2, 0) is 0 Å². The van der Waals surface area contributed by atoms with Crippen LogP contribution in [0, 0.1) is 11.6 Å². The van der Waals surface area contributed by atoms with E-state index in [1.807, 2.05) is 0 Å². The second kappa shape index (κ2) is 6.61. The number of benzene rings is 2. The predicted molar refractivity (Wildman–Crippen MR) is 76.6 cm³/mol. The Balaban J connectivity index is 0.000000180. The molecule has 0 aliphatic heterocycles. The molecule has 0 saturated heterocycles. The van der Waals surface area contributed by atoms with Crippen molar-refractivity contribution in [1.29, 1.82) is 0 Å². The number of hydrogen-bond acceptors (Lipinski definition) is 3. The van der Waals surface area contributed by atoms with Crippen LogP contribution in [0.3, 0.4) is 0 Å². The maximum Gasteiger partial charge on any atom is 0.146 e. The van der Waals surface area contributed by atoms with E-state index in [1.165, 1.54) is 24.3 Å². The van der Waals surface area contributed by atoms with Crippen LogP contribution in [-0.4, -0.2) is 0 Å². The van der Waals surface area contributed by atoms with E-state index >= 15 is 0 Å². The van der Waals surface area contributed by atoms with Crippen LogP contribution in [0.4, 0.5) is 20.2 Å². The average Bonchev–Trinajstić information content (AvgIpc) is 2.30. The molecule has 18 heavy (non-hydrogen) atoms. The van der Waals surface area contributed by atoms with Crippen molar-refractivity contribution in [3.8, 4) is 0 Å². The lowest BCUT2D eigenvalue weighted by molar-refractivity contribution is 0.631. The molecule has 0 heterocycles. The number of thiol groups is 1. The van der Waals surface area contributed by atoms with Crippen molar-refractivity contribution in [3.63, 3.8) is 0 Å². The van der Waals surface area contributed by atoms with Gasteiger partial charge in [0.25, 0.3) is 0 Å². The number of hydrogen-bond donors (Lipinski definition) is 3. The molecule has 4 N–H and O–H groups in total. The SMILES string of the molecule is Nc1cc(Br)ccc1F.Nc1cc(S)ccc1F. The highest BCUT2D eigenvalue weighted by atomic mass is 79.9. The van der Waals surface area contributed by atoms with Crippen LogP contribution in [0.1, 0.15) is 0 Å². The van der Waals surface area contributed by atoms with E-state index in [9.17, 15) is 8.78 Å². The second-order valence-corrected chi connectivity index (χ2v) is 4.80. The molecule has 0 radical (unpaired) electrons. The summed E-state index contributed by atoms with van der Waals surface area (Å²) in [7, 11) is 0. The summed E-state index contributed by atoms with van der Waals surface area (Å²) in [6, 6.07) is 8.76. The fourth-order valence-corrected chi connectivity index (χ4v) is 1.64. The van der Waals surface area contributed by atoms with E-state index in [-0.39, 0.29) is 17.2 Å². The summed E-state index contributed by atoms with van der Waals surface area (Å²) >= 11 is 7.10. The van der Waals surface area contributed by atoms with Gasteiger partial charge in [0, 0.05) is 9.37 Å².